The Bertz CT molecular complexity index is 1780. The number of carbonyl (C=O) groups excluding carboxylic acids is 1. The van der Waals surface area contributed by atoms with Crippen LogP contribution >= 0.6 is 11.3 Å². The molecule has 3 aromatic carbocycles. The molecular weight excluding hydrogens is 515 g/mol. The van der Waals surface area contributed by atoms with Crippen LogP contribution in [0.4, 0.5) is 4.39 Å². The molecule has 1 aliphatic heterocycles. The minimum Gasteiger partial charge on any atom is -0.481 e. The topological polar surface area (TPSA) is 69.9 Å². The summed E-state index contributed by atoms with van der Waals surface area (Å²) in [7, 11) is 0. The first-order valence-corrected chi connectivity index (χ1v) is 13.0. The summed E-state index contributed by atoms with van der Waals surface area (Å²) >= 11 is 1.20. The van der Waals surface area contributed by atoms with E-state index in [1.165, 1.54) is 28.0 Å². The second-order valence-electron chi connectivity index (χ2n) is 8.55. The van der Waals surface area contributed by atoms with Crippen molar-refractivity contribution in [2.75, 3.05) is 13.2 Å². The molecule has 8 heteroatoms. The molecule has 0 spiro atoms. The Kier molecular flexibility index (Phi) is 7.53. The molecule has 39 heavy (non-hydrogen) atoms. The number of carbonyl (C=O) groups is 1. The van der Waals surface area contributed by atoms with E-state index in [1.807, 2.05) is 42.5 Å². The molecule has 2 heterocycles. The number of rotatable bonds is 7. The van der Waals surface area contributed by atoms with Gasteiger partial charge in [-0.15, -0.1) is 6.42 Å². The van der Waals surface area contributed by atoms with Gasteiger partial charge in [-0.25, -0.2) is 14.2 Å². The van der Waals surface area contributed by atoms with E-state index in [2.05, 4.69) is 5.92 Å². The Labute approximate surface area is 228 Å². The lowest BCUT2D eigenvalue weighted by Gasteiger charge is -2.25. The first-order chi connectivity index (χ1) is 19.0. The highest BCUT2D eigenvalue weighted by Gasteiger charge is 2.35. The fraction of sp³-hybridized carbons (Fsp3) is 0.129. The standard InChI is InChI=1S/C31H23FN2O4S/c1-3-17-38-24-12-8-9-20(18-24)19-25-29(35)34-28(22-13-15-23(32)16-14-22)26(30(36)37-4-2)27(33-31(34)39-25)21-10-6-5-7-11-21/h1,5-16,18-19,28H,4,17H2,2H3/b25-19-/t28-/m1/s1. The highest BCUT2D eigenvalue weighted by molar-refractivity contribution is 7.07. The number of fused-ring (bicyclic) bond motifs is 1. The molecule has 0 saturated carbocycles. The first kappa shape index (κ1) is 25.9. The van der Waals surface area contributed by atoms with Gasteiger partial charge in [0.05, 0.1) is 28.5 Å². The van der Waals surface area contributed by atoms with E-state index < -0.39 is 17.8 Å². The molecule has 0 aliphatic carbocycles. The van der Waals surface area contributed by atoms with Gasteiger partial charge in [-0.2, -0.15) is 0 Å². The third-order valence-electron chi connectivity index (χ3n) is 6.04. The van der Waals surface area contributed by atoms with Crippen LogP contribution in [-0.2, 0) is 9.53 Å². The van der Waals surface area contributed by atoms with Gasteiger partial charge in [0, 0.05) is 5.56 Å². The van der Waals surface area contributed by atoms with Crippen LogP contribution in [0.25, 0.3) is 11.8 Å². The number of hydrogen-bond donors (Lipinski definition) is 0. The van der Waals surface area contributed by atoms with Crippen molar-refractivity contribution < 1.29 is 18.7 Å². The fourth-order valence-corrected chi connectivity index (χ4v) is 5.37. The average Bonchev–Trinajstić information content (AvgIpc) is 3.26. The Morgan fingerprint density at radius 1 is 1.13 bits per heavy atom. The maximum Gasteiger partial charge on any atom is 0.338 e. The Hall–Kier alpha value is -4.74. The number of thiazole rings is 1. The summed E-state index contributed by atoms with van der Waals surface area (Å²) in [4.78, 5) is 32.5. The lowest BCUT2D eigenvalue weighted by molar-refractivity contribution is -0.138. The zero-order valence-electron chi connectivity index (χ0n) is 21.0. The summed E-state index contributed by atoms with van der Waals surface area (Å²) in [5, 5.41) is 0. The molecule has 1 atom stereocenters. The molecule has 6 nitrogen and oxygen atoms in total. The van der Waals surface area contributed by atoms with E-state index in [4.69, 9.17) is 20.9 Å². The number of hydrogen-bond acceptors (Lipinski definition) is 6. The number of esters is 1. The average molecular weight is 539 g/mol. The SMILES string of the molecule is C#CCOc1cccc(/C=c2\sc3n(c2=O)[C@H](c2ccc(F)cc2)C(C(=O)OCC)=C(c2ccccc2)N=3)c1. The minimum absolute atomic E-state index is 0.127. The number of nitrogens with zero attached hydrogens (tertiary/aromatic N) is 2. The summed E-state index contributed by atoms with van der Waals surface area (Å²) in [5.74, 6) is 1.98. The van der Waals surface area contributed by atoms with Gasteiger partial charge in [0.15, 0.2) is 4.80 Å². The van der Waals surface area contributed by atoms with E-state index in [1.54, 1.807) is 37.3 Å². The van der Waals surface area contributed by atoms with Gasteiger partial charge in [-0.3, -0.25) is 9.36 Å². The van der Waals surface area contributed by atoms with Gasteiger partial charge < -0.3 is 9.47 Å². The van der Waals surface area contributed by atoms with Crippen LogP contribution in [0.5, 0.6) is 5.75 Å². The highest BCUT2D eigenvalue weighted by atomic mass is 32.1. The summed E-state index contributed by atoms with van der Waals surface area (Å²) in [6.45, 7) is 1.98. The van der Waals surface area contributed by atoms with Crippen molar-refractivity contribution in [2.45, 2.75) is 13.0 Å². The normalized spacial score (nSPS) is 14.8. The molecule has 0 radical (unpaired) electrons. The van der Waals surface area contributed by atoms with E-state index in [0.29, 0.717) is 31.9 Å². The number of benzene rings is 3. The van der Waals surface area contributed by atoms with Crippen LogP contribution in [0.1, 0.15) is 29.7 Å². The van der Waals surface area contributed by atoms with Gasteiger partial charge >= 0.3 is 5.97 Å². The zero-order chi connectivity index (χ0) is 27.4. The molecule has 0 amide bonds. The van der Waals surface area contributed by atoms with Crippen molar-refractivity contribution in [1.82, 2.24) is 4.57 Å². The Morgan fingerprint density at radius 2 is 1.90 bits per heavy atom. The summed E-state index contributed by atoms with van der Waals surface area (Å²) in [5.41, 5.74) is 2.26. The van der Waals surface area contributed by atoms with Crippen molar-refractivity contribution in [3.63, 3.8) is 0 Å². The second-order valence-corrected chi connectivity index (χ2v) is 9.56. The van der Waals surface area contributed by atoms with Gasteiger partial charge in [-0.1, -0.05) is 71.9 Å². The quantitative estimate of drug-likeness (QED) is 0.263. The molecule has 0 bridgehead atoms. The predicted octanol–water partition coefficient (Wildman–Crippen LogP) is 4.09. The summed E-state index contributed by atoms with van der Waals surface area (Å²) < 4.78 is 26.7. The van der Waals surface area contributed by atoms with Gasteiger partial charge in [0.2, 0.25) is 0 Å². The maximum absolute atomic E-state index is 13.9. The molecule has 194 valence electrons. The van der Waals surface area contributed by atoms with Crippen molar-refractivity contribution in [3.05, 3.63) is 127 Å². The Balaban J connectivity index is 1.76. The van der Waals surface area contributed by atoms with Crippen molar-refractivity contribution in [1.29, 1.82) is 0 Å². The predicted molar refractivity (Wildman–Crippen MR) is 148 cm³/mol. The molecule has 0 unspecified atom stereocenters. The molecule has 4 aromatic rings. The summed E-state index contributed by atoms with van der Waals surface area (Å²) in [6, 6.07) is 21.3. The smallest absolute Gasteiger partial charge is 0.338 e. The lowest BCUT2D eigenvalue weighted by Crippen LogP contribution is -2.40. The molecular formula is C31H23FN2O4S. The highest BCUT2D eigenvalue weighted by Crippen LogP contribution is 2.35. The monoisotopic (exact) mass is 538 g/mol. The van der Waals surface area contributed by atoms with Crippen molar-refractivity contribution in [3.8, 4) is 18.1 Å². The molecule has 0 N–H and O–H groups in total. The molecule has 5 rings (SSSR count). The van der Waals surface area contributed by atoms with Crippen molar-refractivity contribution in [2.24, 2.45) is 4.99 Å². The maximum atomic E-state index is 13.9. The lowest BCUT2D eigenvalue weighted by atomic mass is 9.93. The van der Waals surface area contributed by atoms with Crippen LogP contribution in [0, 0.1) is 18.2 Å². The van der Waals surface area contributed by atoms with E-state index in [0.717, 1.165) is 5.56 Å². The third-order valence-corrected chi connectivity index (χ3v) is 7.02. The van der Waals surface area contributed by atoms with E-state index >= 15 is 0 Å². The fourth-order valence-electron chi connectivity index (χ4n) is 4.37. The van der Waals surface area contributed by atoms with Crippen LogP contribution in [0.2, 0.25) is 0 Å². The first-order valence-electron chi connectivity index (χ1n) is 12.2. The molecule has 1 aliphatic rings. The van der Waals surface area contributed by atoms with Crippen molar-refractivity contribution >= 4 is 29.1 Å². The van der Waals surface area contributed by atoms with Crippen LogP contribution in [0.15, 0.2) is 94.2 Å². The van der Waals surface area contributed by atoms with Gasteiger partial charge in [-0.05, 0) is 48.4 Å². The second kappa shape index (κ2) is 11.3. The summed E-state index contributed by atoms with van der Waals surface area (Å²) in [6.07, 6.45) is 7.03. The van der Waals surface area contributed by atoms with Crippen LogP contribution in [-0.4, -0.2) is 23.8 Å². The number of terminal acetylenes is 1. The number of aromatic nitrogens is 1. The van der Waals surface area contributed by atoms with Crippen LogP contribution < -0.4 is 19.6 Å². The van der Waals surface area contributed by atoms with Gasteiger partial charge in [0.25, 0.3) is 5.56 Å². The number of halogens is 1. The minimum atomic E-state index is -0.872. The Morgan fingerprint density at radius 3 is 2.62 bits per heavy atom. The number of ether oxygens (including phenoxy) is 2. The largest absolute Gasteiger partial charge is 0.481 e. The van der Waals surface area contributed by atoms with Gasteiger partial charge in [0.1, 0.15) is 18.2 Å². The van der Waals surface area contributed by atoms with E-state index in [9.17, 15) is 14.0 Å². The molecule has 0 saturated heterocycles. The van der Waals surface area contributed by atoms with Crippen LogP contribution in [0.3, 0.4) is 0 Å². The third kappa shape index (κ3) is 5.31. The zero-order valence-corrected chi connectivity index (χ0v) is 21.8. The molecule has 0 fully saturated rings. The molecule has 1 aromatic heterocycles. The van der Waals surface area contributed by atoms with E-state index in [-0.39, 0.29) is 24.3 Å².